The molecule has 0 bridgehead atoms. The molecular weight excluding hydrogens is 278 g/mol. The Morgan fingerprint density at radius 1 is 1.18 bits per heavy atom. The second-order valence-electron chi connectivity index (χ2n) is 6.08. The molecule has 1 aliphatic carbocycles. The van der Waals surface area contributed by atoms with Crippen LogP contribution in [-0.4, -0.2) is 24.0 Å². The summed E-state index contributed by atoms with van der Waals surface area (Å²) in [6.07, 6.45) is 5.56. The highest BCUT2D eigenvalue weighted by atomic mass is 16.2. The second kappa shape index (κ2) is 7.82. The Kier molecular flexibility index (Phi) is 5.81. The average molecular weight is 303 g/mol. The van der Waals surface area contributed by atoms with E-state index in [-0.39, 0.29) is 11.9 Å². The number of carbonyl (C=O) groups is 2. The van der Waals surface area contributed by atoms with E-state index >= 15 is 0 Å². The molecule has 1 aromatic rings. The zero-order chi connectivity index (χ0) is 15.9. The van der Waals surface area contributed by atoms with E-state index in [1.807, 2.05) is 18.2 Å². The second-order valence-corrected chi connectivity index (χ2v) is 6.08. The van der Waals surface area contributed by atoms with Gasteiger partial charge in [0.15, 0.2) is 0 Å². The first kappa shape index (κ1) is 16.3. The van der Waals surface area contributed by atoms with E-state index in [0.717, 1.165) is 19.3 Å². The smallest absolute Gasteiger partial charge is 0.312 e. The largest absolute Gasteiger partial charge is 0.352 e. The van der Waals surface area contributed by atoms with E-state index < -0.39 is 12.1 Å². The summed E-state index contributed by atoms with van der Waals surface area (Å²) in [4.78, 5) is 23.1. The standard InChI is InChI=1S/C17H25N3O2/c1-12(19-17(18)22)16(21)20-15(14-9-5-6-10-14)11-13-7-3-2-4-8-13/h2-4,7-8,12,14-15H,5-6,9-11H2,1H3,(H,20,21)(H3,18,19,22)/t12-,15+/m1/s1. The van der Waals surface area contributed by atoms with Crippen LogP contribution in [0.25, 0.3) is 0 Å². The fourth-order valence-electron chi connectivity index (χ4n) is 3.15. The van der Waals surface area contributed by atoms with Crippen molar-refractivity contribution in [1.82, 2.24) is 10.6 Å². The van der Waals surface area contributed by atoms with Crippen LogP contribution >= 0.6 is 0 Å². The number of amides is 3. The van der Waals surface area contributed by atoms with Crippen molar-refractivity contribution in [1.29, 1.82) is 0 Å². The third kappa shape index (κ3) is 4.76. The third-order valence-electron chi connectivity index (χ3n) is 4.35. The van der Waals surface area contributed by atoms with Gasteiger partial charge in [0.1, 0.15) is 6.04 Å². The molecule has 4 N–H and O–H groups in total. The van der Waals surface area contributed by atoms with E-state index in [0.29, 0.717) is 5.92 Å². The Bertz CT molecular complexity index is 498. The van der Waals surface area contributed by atoms with E-state index in [4.69, 9.17) is 5.73 Å². The SMILES string of the molecule is C[C@@H](NC(N)=O)C(=O)N[C@@H](Cc1ccccc1)C1CCCC1. The van der Waals surface area contributed by atoms with Crippen molar-refractivity contribution < 1.29 is 9.59 Å². The van der Waals surface area contributed by atoms with Crippen LogP contribution in [-0.2, 0) is 11.2 Å². The van der Waals surface area contributed by atoms with Crippen molar-refractivity contribution in [2.45, 2.75) is 51.1 Å². The molecule has 0 heterocycles. The highest BCUT2D eigenvalue weighted by molar-refractivity contribution is 5.86. The number of primary amides is 1. The molecule has 1 aromatic carbocycles. The molecule has 120 valence electrons. The lowest BCUT2D eigenvalue weighted by Crippen LogP contribution is -2.51. The normalized spacial score (nSPS) is 17.7. The summed E-state index contributed by atoms with van der Waals surface area (Å²) in [5.41, 5.74) is 6.30. The Morgan fingerprint density at radius 2 is 1.82 bits per heavy atom. The minimum Gasteiger partial charge on any atom is -0.352 e. The van der Waals surface area contributed by atoms with Crippen LogP contribution in [0.2, 0.25) is 0 Å². The number of hydrogen-bond acceptors (Lipinski definition) is 2. The van der Waals surface area contributed by atoms with Gasteiger partial charge in [-0.15, -0.1) is 0 Å². The zero-order valence-electron chi connectivity index (χ0n) is 13.0. The molecule has 1 aliphatic rings. The van der Waals surface area contributed by atoms with Crippen LogP contribution in [0.3, 0.4) is 0 Å². The molecule has 5 heteroatoms. The zero-order valence-corrected chi connectivity index (χ0v) is 13.0. The van der Waals surface area contributed by atoms with Gasteiger partial charge in [0, 0.05) is 6.04 Å². The maximum absolute atomic E-state index is 12.3. The highest BCUT2D eigenvalue weighted by Crippen LogP contribution is 2.29. The molecule has 0 radical (unpaired) electrons. The summed E-state index contributed by atoms with van der Waals surface area (Å²) in [7, 11) is 0. The van der Waals surface area contributed by atoms with Crippen LogP contribution in [0.1, 0.15) is 38.2 Å². The predicted molar refractivity (Wildman–Crippen MR) is 86.2 cm³/mol. The lowest BCUT2D eigenvalue weighted by atomic mass is 9.92. The first-order valence-electron chi connectivity index (χ1n) is 7.96. The number of carbonyl (C=O) groups excluding carboxylic acids is 2. The number of nitrogens with one attached hydrogen (secondary N) is 2. The van der Waals surface area contributed by atoms with Crippen LogP contribution < -0.4 is 16.4 Å². The van der Waals surface area contributed by atoms with Gasteiger partial charge in [-0.05, 0) is 37.7 Å². The van der Waals surface area contributed by atoms with Gasteiger partial charge in [-0.25, -0.2) is 4.79 Å². The Labute approximate surface area is 131 Å². The van der Waals surface area contributed by atoms with Gasteiger partial charge < -0.3 is 16.4 Å². The minimum atomic E-state index is -0.678. The van der Waals surface area contributed by atoms with Crippen LogP contribution in [0.4, 0.5) is 4.79 Å². The molecule has 0 unspecified atom stereocenters. The van der Waals surface area contributed by atoms with E-state index in [1.165, 1.54) is 18.4 Å². The van der Waals surface area contributed by atoms with Crippen molar-refractivity contribution >= 4 is 11.9 Å². The average Bonchev–Trinajstić information content (AvgIpc) is 3.01. The fraction of sp³-hybridized carbons (Fsp3) is 0.529. The van der Waals surface area contributed by atoms with Gasteiger partial charge in [0.05, 0.1) is 0 Å². The van der Waals surface area contributed by atoms with Gasteiger partial charge in [-0.2, -0.15) is 0 Å². The minimum absolute atomic E-state index is 0.106. The van der Waals surface area contributed by atoms with Crippen molar-refractivity contribution in [2.75, 3.05) is 0 Å². The van der Waals surface area contributed by atoms with Gasteiger partial charge in [0.25, 0.3) is 0 Å². The van der Waals surface area contributed by atoms with Gasteiger partial charge in [0.2, 0.25) is 5.91 Å². The lowest BCUT2D eigenvalue weighted by molar-refractivity contribution is -0.123. The van der Waals surface area contributed by atoms with E-state index in [1.54, 1.807) is 6.92 Å². The van der Waals surface area contributed by atoms with Crippen LogP contribution in [0, 0.1) is 5.92 Å². The molecule has 0 saturated heterocycles. The number of nitrogens with two attached hydrogens (primary N) is 1. The Hall–Kier alpha value is -2.04. The van der Waals surface area contributed by atoms with Gasteiger partial charge in [-0.1, -0.05) is 43.2 Å². The number of benzene rings is 1. The third-order valence-corrected chi connectivity index (χ3v) is 4.35. The molecule has 5 nitrogen and oxygen atoms in total. The van der Waals surface area contributed by atoms with Crippen molar-refractivity contribution in [3.8, 4) is 0 Å². The molecule has 1 saturated carbocycles. The Morgan fingerprint density at radius 3 is 2.41 bits per heavy atom. The first-order valence-corrected chi connectivity index (χ1v) is 7.96. The van der Waals surface area contributed by atoms with Gasteiger partial charge >= 0.3 is 6.03 Å². The molecular formula is C17H25N3O2. The summed E-state index contributed by atoms with van der Waals surface area (Å²) in [6.45, 7) is 1.65. The number of rotatable bonds is 6. The van der Waals surface area contributed by atoms with Crippen LogP contribution in [0.5, 0.6) is 0 Å². The van der Waals surface area contributed by atoms with E-state index in [9.17, 15) is 9.59 Å². The van der Waals surface area contributed by atoms with Crippen molar-refractivity contribution in [3.63, 3.8) is 0 Å². The van der Waals surface area contributed by atoms with Crippen LogP contribution in [0.15, 0.2) is 30.3 Å². The Balaban J connectivity index is 2.01. The van der Waals surface area contributed by atoms with Crippen molar-refractivity contribution in [2.24, 2.45) is 11.7 Å². The van der Waals surface area contributed by atoms with Crippen molar-refractivity contribution in [3.05, 3.63) is 35.9 Å². The monoisotopic (exact) mass is 303 g/mol. The van der Waals surface area contributed by atoms with E-state index in [2.05, 4.69) is 22.8 Å². The fourth-order valence-corrected chi connectivity index (χ4v) is 3.15. The maximum atomic E-state index is 12.3. The molecule has 22 heavy (non-hydrogen) atoms. The predicted octanol–water partition coefficient (Wildman–Crippen LogP) is 1.96. The number of urea groups is 1. The summed E-state index contributed by atoms with van der Waals surface area (Å²) < 4.78 is 0. The lowest BCUT2D eigenvalue weighted by Gasteiger charge is -2.26. The molecule has 0 spiro atoms. The first-order chi connectivity index (χ1) is 10.6. The molecule has 3 amide bonds. The molecule has 2 atom stereocenters. The molecule has 1 fully saturated rings. The molecule has 0 aromatic heterocycles. The highest BCUT2D eigenvalue weighted by Gasteiger charge is 2.28. The summed E-state index contributed by atoms with van der Waals surface area (Å²) in [5, 5.41) is 5.53. The summed E-state index contributed by atoms with van der Waals surface area (Å²) in [5.74, 6) is 0.330. The number of hydrogen-bond donors (Lipinski definition) is 3. The van der Waals surface area contributed by atoms with Gasteiger partial charge in [-0.3, -0.25) is 4.79 Å². The quantitative estimate of drug-likeness (QED) is 0.750. The topological polar surface area (TPSA) is 84.2 Å². The summed E-state index contributed by atoms with van der Waals surface area (Å²) in [6, 6.07) is 9.00. The molecule has 2 rings (SSSR count). The molecule has 0 aliphatic heterocycles. The summed E-state index contributed by atoms with van der Waals surface area (Å²) >= 11 is 0. The maximum Gasteiger partial charge on any atom is 0.312 e.